The van der Waals surface area contributed by atoms with Gasteiger partial charge in [-0.3, -0.25) is 0 Å². The Morgan fingerprint density at radius 3 is 2.40 bits per heavy atom. The lowest BCUT2D eigenvalue weighted by Crippen LogP contribution is -2.46. The van der Waals surface area contributed by atoms with Gasteiger partial charge in [0.1, 0.15) is 10.0 Å². The van der Waals surface area contributed by atoms with Crippen LogP contribution in [0.2, 0.25) is 4.34 Å². The number of thiophene rings is 1. The normalized spacial score (nSPS) is 15.1. The molecule has 0 radical (unpaired) electrons. The second kappa shape index (κ2) is 7.58. The van der Waals surface area contributed by atoms with E-state index in [1.165, 1.54) is 6.07 Å². The van der Waals surface area contributed by atoms with Crippen molar-refractivity contribution in [2.24, 2.45) is 0 Å². The van der Waals surface area contributed by atoms with Crippen molar-refractivity contribution in [2.75, 3.05) is 6.61 Å². The summed E-state index contributed by atoms with van der Waals surface area (Å²) in [5.74, 6) is -3.34. The fraction of sp³-hybridized carbons (Fsp3) is 0.286. The maximum Gasteiger partial charge on any atom is 0.397 e. The molecule has 0 bridgehead atoms. The second-order valence-electron chi connectivity index (χ2n) is 5.04. The van der Waals surface area contributed by atoms with E-state index in [-0.39, 0.29) is 8.55 Å². The molecule has 0 unspecified atom stereocenters. The highest BCUT2D eigenvalue weighted by Gasteiger charge is 2.47. The Balaban J connectivity index is 2.40. The zero-order valence-corrected chi connectivity index (χ0v) is 14.7. The highest BCUT2D eigenvalue weighted by Crippen LogP contribution is 2.38. The van der Waals surface area contributed by atoms with Crippen LogP contribution < -0.4 is 4.72 Å². The molecule has 0 aliphatic rings. The number of benzene rings is 1. The van der Waals surface area contributed by atoms with Crippen LogP contribution in [0.5, 0.6) is 0 Å². The number of nitrogens with one attached hydrogen (secondary N) is 1. The van der Waals surface area contributed by atoms with Crippen LogP contribution in [0.4, 0.5) is 17.6 Å². The smallest absolute Gasteiger partial charge is 0.395 e. The number of halogens is 5. The molecular weight excluding hydrogens is 406 g/mol. The van der Waals surface area contributed by atoms with Gasteiger partial charge in [-0.05, 0) is 29.8 Å². The maximum atomic E-state index is 13.5. The van der Waals surface area contributed by atoms with Gasteiger partial charge in [-0.2, -0.15) is 13.2 Å². The van der Waals surface area contributed by atoms with E-state index in [0.29, 0.717) is 17.4 Å². The third kappa shape index (κ3) is 4.91. The van der Waals surface area contributed by atoms with E-state index in [9.17, 15) is 31.1 Å². The van der Waals surface area contributed by atoms with E-state index >= 15 is 0 Å². The van der Waals surface area contributed by atoms with Gasteiger partial charge in [0, 0.05) is 0 Å². The van der Waals surface area contributed by atoms with E-state index in [1.54, 1.807) is 0 Å². The summed E-state index contributed by atoms with van der Waals surface area (Å²) >= 11 is 6.30. The Hall–Kier alpha value is -1.20. The van der Waals surface area contributed by atoms with Crippen LogP contribution in [-0.4, -0.2) is 32.3 Å². The standard InChI is InChI=1S/C14H12ClF4NO3S2/c15-11-4-5-12(24-11)25(22,23)20-10(7-21)13(14(17,18)19)8-2-1-3-9(16)6-8/h1-6,10,13,20-21H,7H2/t10-,13-/m1/s1. The Bertz CT molecular complexity index is 839. The van der Waals surface area contributed by atoms with E-state index in [0.717, 1.165) is 24.3 Å². The molecule has 0 saturated carbocycles. The highest BCUT2D eigenvalue weighted by molar-refractivity contribution is 7.91. The number of aliphatic hydroxyl groups excluding tert-OH is 1. The quantitative estimate of drug-likeness (QED) is 0.707. The van der Waals surface area contributed by atoms with Gasteiger partial charge in [-0.1, -0.05) is 23.7 Å². The van der Waals surface area contributed by atoms with Crippen LogP contribution in [0.15, 0.2) is 40.6 Å². The van der Waals surface area contributed by atoms with E-state index < -0.39 is 46.1 Å². The summed E-state index contributed by atoms with van der Waals surface area (Å²) in [6.45, 7) is -1.14. The van der Waals surface area contributed by atoms with Crippen molar-refractivity contribution in [3.63, 3.8) is 0 Å². The van der Waals surface area contributed by atoms with E-state index in [4.69, 9.17) is 11.6 Å². The number of sulfonamides is 1. The summed E-state index contributed by atoms with van der Waals surface area (Å²) in [7, 11) is -4.34. The van der Waals surface area contributed by atoms with Gasteiger partial charge in [-0.25, -0.2) is 17.5 Å². The minimum Gasteiger partial charge on any atom is -0.395 e. The summed E-state index contributed by atoms with van der Waals surface area (Å²) < 4.78 is 79.9. The van der Waals surface area contributed by atoms with Crippen molar-refractivity contribution < 1.29 is 31.1 Å². The van der Waals surface area contributed by atoms with Crippen molar-refractivity contribution >= 4 is 33.0 Å². The largest absolute Gasteiger partial charge is 0.397 e. The predicted molar refractivity (Wildman–Crippen MR) is 85.7 cm³/mol. The summed E-state index contributed by atoms with van der Waals surface area (Å²) in [6.07, 6.45) is -4.92. The van der Waals surface area contributed by atoms with Gasteiger partial charge in [-0.15, -0.1) is 11.3 Å². The molecular formula is C14H12ClF4NO3S2. The first-order valence-electron chi connectivity index (χ1n) is 6.75. The van der Waals surface area contributed by atoms with Gasteiger partial charge in [0.15, 0.2) is 0 Å². The van der Waals surface area contributed by atoms with Crippen LogP contribution in [-0.2, 0) is 10.0 Å². The molecule has 0 aliphatic carbocycles. The van der Waals surface area contributed by atoms with Crippen molar-refractivity contribution in [2.45, 2.75) is 22.3 Å². The monoisotopic (exact) mass is 417 g/mol. The lowest BCUT2D eigenvalue weighted by atomic mass is 9.91. The fourth-order valence-electron chi connectivity index (χ4n) is 2.26. The zero-order valence-electron chi connectivity index (χ0n) is 12.3. The molecule has 138 valence electrons. The van der Waals surface area contributed by atoms with E-state index in [2.05, 4.69) is 0 Å². The van der Waals surface area contributed by atoms with E-state index in [1.807, 2.05) is 4.72 Å². The summed E-state index contributed by atoms with van der Waals surface area (Å²) in [4.78, 5) is 0. The molecule has 25 heavy (non-hydrogen) atoms. The number of rotatable bonds is 6. The Kier molecular flexibility index (Phi) is 6.10. The van der Waals surface area contributed by atoms with Gasteiger partial charge in [0.25, 0.3) is 0 Å². The molecule has 1 aromatic heterocycles. The minimum atomic E-state index is -4.92. The Labute approximate surface area is 150 Å². The van der Waals surface area contributed by atoms with Gasteiger partial charge < -0.3 is 5.11 Å². The minimum absolute atomic E-state index is 0.137. The molecule has 0 spiro atoms. The highest BCUT2D eigenvalue weighted by atomic mass is 35.5. The molecule has 2 rings (SSSR count). The maximum absolute atomic E-state index is 13.5. The Morgan fingerprint density at radius 1 is 1.24 bits per heavy atom. The van der Waals surface area contributed by atoms with Crippen LogP contribution in [0.1, 0.15) is 11.5 Å². The lowest BCUT2D eigenvalue weighted by Gasteiger charge is -2.28. The number of alkyl halides is 3. The van der Waals surface area contributed by atoms with Crippen LogP contribution in [0, 0.1) is 5.82 Å². The molecule has 0 amide bonds. The van der Waals surface area contributed by atoms with Crippen molar-refractivity contribution in [3.05, 3.63) is 52.1 Å². The third-order valence-electron chi connectivity index (χ3n) is 3.28. The average Bonchev–Trinajstić information content (AvgIpc) is 2.92. The molecule has 2 atom stereocenters. The SMILES string of the molecule is O=S(=O)(N[C@H](CO)[C@@H](c1cccc(F)c1)C(F)(F)F)c1ccc(Cl)s1. The van der Waals surface area contributed by atoms with Crippen molar-refractivity contribution in [1.82, 2.24) is 4.72 Å². The number of hydrogen-bond acceptors (Lipinski definition) is 4. The summed E-state index contributed by atoms with van der Waals surface area (Å²) in [6, 6.07) is 4.18. The lowest BCUT2D eigenvalue weighted by molar-refractivity contribution is -0.158. The van der Waals surface area contributed by atoms with Gasteiger partial charge in [0.05, 0.1) is 22.9 Å². The molecule has 1 aromatic carbocycles. The average molecular weight is 418 g/mol. The second-order valence-corrected chi connectivity index (χ2v) is 8.70. The van der Waals surface area contributed by atoms with Crippen molar-refractivity contribution in [1.29, 1.82) is 0 Å². The summed E-state index contributed by atoms with van der Waals surface area (Å²) in [5, 5.41) is 9.36. The number of hydrogen-bond donors (Lipinski definition) is 2. The molecule has 4 nitrogen and oxygen atoms in total. The van der Waals surface area contributed by atoms with Crippen LogP contribution in [0.25, 0.3) is 0 Å². The topological polar surface area (TPSA) is 66.4 Å². The number of aliphatic hydroxyl groups is 1. The summed E-state index contributed by atoms with van der Waals surface area (Å²) in [5.41, 5.74) is -0.501. The van der Waals surface area contributed by atoms with Crippen LogP contribution >= 0.6 is 22.9 Å². The first kappa shape index (κ1) is 20.1. The molecule has 0 saturated heterocycles. The molecule has 11 heteroatoms. The first-order valence-corrected chi connectivity index (χ1v) is 9.43. The van der Waals surface area contributed by atoms with Gasteiger partial charge >= 0.3 is 6.18 Å². The molecule has 0 aliphatic heterocycles. The van der Waals surface area contributed by atoms with Crippen molar-refractivity contribution in [3.8, 4) is 0 Å². The molecule has 2 aromatic rings. The predicted octanol–water partition coefficient (Wildman–Crippen LogP) is 3.53. The molecule has 0 fully saturated rings. The Morgan fingerprint density at radius 2 is 1.92 bits per heavy atom. The van der Waals surface area contributed by atoms with Gasteiger partial charge in [0.2, 0.25) is 10.0 Å². The zero-order chi connectivity index (χ0) is 18.8. The fourth-order valence-corrected chi connectivity index (χ4v) is 5.00. The third-order valence-corrected chi connectivity index (χ3v) is 6.49. The molecule has 1 heterocycles. The first-order chi connectivity index (χ1) is 11.5. The molecule has 2 N–H and O–H groups in total. The van der Waals surface area contributed by atoms with Crippen LogP contribution in [0.3, 0.4) is 0 Å².